The second-order valence-electron chi connectivity index (χ2n) is 4.54. The molecule has 82 valence electrons. The standard InChI is InChI=1S/C10H19NO3/c1-10(2,3-4-12)11-6-8(7-13)5-9(11)14/h8,12-13H,3-7H2,1-2H3. The third kappa shape index (κ3) is 2.25. The Bertz CT molecular complexity index is 215. The molecule has 14 heavy (non-hydrogen) atoms. The first-order valence-corrected chi connectivity index (χ1v) is 5.03. The summed E-state index contributed by atoms with van der Waals surface area (Å²) in [5, 5.41) is 17.9. The van der Waals surface area contributed by atoms with Crippen LogP contribution in [-0.4, -0.2) is 46.3 Å². The summed E-state index contributed by atoms with van der Waals surface area (Å²) in [7, 11) is 0. The van der Waals surface area contributed by atoms with E-state index in [-0.39, 0.29) is 30.6 Å². The molecule has 1 heterocycles. The number of hydrogen-bond donors (Lipinski definition) is 2. The number of nitrogens with zero attached hydrogens (tertiary/aromatic N) is 1. The van der Waals surface area contributed by atoms with E-state index in [1.54, 1.807) is 4.90 Å². The summed E-state index contributed by atoms with van der Waals surface area (Å²) in [5.74, 6) is 0.156. The third-order valence-corrected chi connectivity index (χ3v) is 2.92. The van der Waals surface area contributed by atoms with Crippen LogP contribution in [0.25, 0.3) is 0 Å². The van der Waals surface area contributed by atoms with E-state index >= 15 is 0 Å². The van der Waals surface area contributed by atoms with E-state index in [9.17, 15) is 4.79 Å². The van der Waals surface area contributed by atoms with Gasteiger partial charge in [-0.2, -0.15) is 0 Å². The smallest absolute Gasteiger partial charge is 0.223 e. The van der Waals surface area contributed by atoms with E-state index in [4.69, 9.17) is 10.2 Å². The monoisotopic (exact) mass is 201 g/mol. The molecule has 1 rings (SSSR count). The number of aliphatic hydroxyl groups is 2. The Kier molecular flexibility index (Phi) is 3.50. The highest BCUT2D eigenvalue weighted by Gasteiger charge is 2.37. The first kappa shape index (κ1) is 11.5. The maximum Gasteiger partial charge on any atom is 0.223 e. The van der Waals surface area contributed by atoms with Crippen molar-refractivity contribution in [3.8, 4) is 0 Å². The van der Waals surface area contributed by atoms with Crippen LogP contribution < -0.4 is 0 Å². The van der Waals surface area contributed by atoms with Crippen molar-refractivity contribution in [3.63, 3.8) is 0 Å². The number of amides is 1. The number of rotatable bonds is 4. The maximum atomic E-state index is 11.6. The lowest BCUT2D eigenvalue weighted by Crippen LogP contribution is -2.45. The molecule has 0 radical (unpaired) electrons. The minimum atomic E-state index is -0.296. The molecule has 0 aromatic rings. The van der Waals surface area contributed by atoms with Gasteiger partial charge in [-0.05, 0) is 20.3 Å². The Labute approximate surface area is 84.5 Å². The molecule has 0 saturated carbocycles. The van der Waals surface area contributed by atoms with E-state index in [2.05, 4.69) is 0 Å². The molecule has 0 spiro atoms. The molecule has 1 aliphatic rings. The lowest BCUT2D eigenvalue weighted by atomic mass is 9.99. The van der Waals surface area contributed by atoms with Gasteiger partial charge in [0, 0.05) is 37.6 Å². The fourth-order valence-corrected chi connectivity index (χ4v) is 1.90. The van der Waals surface area contributed by atoms with E-state index in [0.717, 1.165) is 0 Å². The second kappa shape index (κ2) is 4.28. The number of likely N-dealkylation sites (tertiary alicyclic amines) is 1. The predicted octanol–water partition coefficient (Wildman–Crippen LogP) is -0.0118. The fourth-order valence-electron chi connectivity index (χ4n) is 1.90. The van der Waals surface area contributed by atoms with Crippen molar-refractivity contribution in [3.05, 3.63) is 0 Å². The van der Waals surface area contributed by atoms with Gasteiger partial charge in [0.15, 0.2) is 0 Å². The van der Waals surface area contributed by atoms with Crippen molar-refractivity contribution < 1.29 is 15.0 Å². The Morgan fingerprint density at radius 1 is 1.50 bits per heavy atom. The molecule has 0 aliphatic carbocycles. The van der Waals surface area contributed by atoms with Crippen molar-refractivity contribution in [2.24, 2.45) is 5.92 Å². The highest BCUT2D eigenvalue weighted by Crippen LogP contribution is 2.27. The van der Waals surface area contributed by atoms with Crippen LogP contribution in [0, 0.1) is 5.92 Å². The van der Waals surface area contributed by atoms with Gasteiger partial charge in [-0.1, -0.05) is 0 Å². The van der Waals surface area contributed by atoms with Crippen LogP contribution in [0.15, 0.2) is 0 Å². The topological polar surface area (TPSA) is 60.8 Å². The van der Waals surface area contributed by atoms with Gasteiger partial charge in [0.05, 0.1) is 0 Å². The van der Waals surface area contributed by atoms with Crippen LogP contribution in [0.5, 0.6) is 0 Å². The Morgan fingerprint density at radius 2 is 2.14 bits per heavy atom. The van der Waals surface area contributed by atoms with Crippen LogP contribution in [0.2, 0.25) is 0 Å². The summed E-state index contributed by atoms with van der Waals surface area (Å²) in [6, 6.07) is 0. The molecule has 4 heteroatoms. The molecule has 1 saturated heterocycles. The first-order valence-electron chi connectivity index (χ1n) is 5.03. The largest absolute Gasteiger partial charge is 0.396 e. The average Bonchev–Trinajstić information content (AvgIpc) is 2.47. The molecule has 1 fully saturated rings. The predicted molar refractivity (Wildman–Crippen MR) is 52.7 cm³/mol. The van der Waals surface area contributed by atoms with Crippen molar-refractivity contribution in [2.45, 2.75) is 32.2 Å². The summed E-state index contributed by atoms with van der Waals surface area (Å²) in [6.07, 6.45) is 1.02. The van der Waals surface area contributed by atoms with E-state index < -0.39 is 0 Å². The summed E-state index contributed by atoms with van der Waals surface area (Å²) < 4.78 is 0. The molecular formula is C10H19NO3. The van der Waals surface area contributed by atoms with Crippen LogP contribution in [0.4, 0.5) is 0 Å². The summed E-state index contributed by atoms with van der Waals surface area (Å²) >= 11 is 0. The third-order valence-electron chi connectivity index (χ3n) is 2.92. The quantitative estimate of drug-likeness (QED) is 0.672. The normalized spacial score (nSPS) is 23.3. The maximum absolute atomic E-state index is 11.6. The number of hydrogen-bond acceptors (Lipinski definition) is 3. The Hall–Kier alpha value is -0.610. The lowest BCUT2D eigenvalue weighted by Gasteiger charge is -2.35. The molecule has 4 nitrogen and oxygen atoms in total. The number of aliphatic hydroxyl groups excluding tert-OH is 2. The lowest BCUT2D eigenvalue weighted by molar-refractivity contribution is -0.132. The van der Waals surface area contributed by atoms with E-state index in [1.165, 1.54) is 0 Å². The van der Waals surface area contributed by atoms with E-state index in [0.29, 0.717) is 19.4 Å². The molecule has 1 unspecified atom stereocenters. The average molecular weight is 201 g/mol. The molecular weight excluding hydrogens is 182 g/mol. The van der Waals surface area contributed by atoms with E-state index in [1.807, 2.05) is 13.8 Å². The zero-order valence-electron chi connectivity index (χ0n) is 8.86. The summed E-state index contributed by atoms with van der Waals surface area (Å²) in [4.78, 5) is 13.4. The van der Waals surface area contributed by atoms with Gasteiger partial charge in [-0.3, -0.25) is 4.79 Å². The zero-order chi connectivity index (χ0) is 10.8. The minimum absolute atomic E-state index is 0.0669. The van der Waals surface area contributed by atoms with Gasteiger partial charge in [-0.15, -0.1) is 0 Å². The van der Waals surface area contributed by atoms with Crippen molar-refractivity contribution in [2.75, 3.05) is 19.8 Å². The highest BCUT2D eigenvalue weighted by molar-refractivity contribution is 5.79. The summed E-state index contributed by atoms with van der Waals surface area (Å²) in [5.41, 5.74) is -0.296. The molecule has 0 bridgehead atoms. The van der Waals surface area contributed by atoms with Gasteiger partial charge >= 0.3 is 0 Å². The van der Waals surface area contributed by atoms with Gasteiger partial charge in [-0.25, -0.2) is 0 Å². The molecule has 1 atom stereocenters. The number of carbonyl (C=O) groups is 1. The minimum Gasteiger partial charge on any atom is -0.396 e. The molecule has 0 aromatic carbocycles. The SMILES string of the molecule is CC(C)(CCO)N1CC(CO)CC1=O. The van der Waals surface area contributed by atoms with Crippen LogP contribution >= 0.6 is 0 Å². The molecule has 1 amide bonds. The second-order valence-corrected chi connectivity index (χ2v) is 4.54. The number of carbonyl (C=O) groups excluding carboxylic acids is 1. The van der Waals surface area contributed by atoms with Crippen molar-refractivity contribution in [1.29, 1.82) is 0 Å². The highest BCUT2D eigenvalue weighted by atomic mass is 16.3. The molecule has 1 aliphatic heterocycles. The van der Waals surface area contributed by atoms with Crippen LogP contribution in [-0.2, 0) is 4.79 Å². The molecule has 0 aromatic heterocycles. The Balaban J connectivity index is 2.64. The van der Waals surface area contributed by atoms with Crippen LogP contribution in [0.1, 0.15) is 26.7 Å². The van der Waals surface area contributed by atoms with Gasteiger partial charge < -0.3 is 15.1 Å². The van der Waals surface area contributed by atoms with Gasteiger partial charge in [0.2, 0.25) is 5.91 Å². The van der Waals surface area contributed by atoms with Gasteiger partial charge in [0.25, 0.3) is 0 Å². The zero-order valence-corrected chi connectivity index (χ0v) is 8.86. The van der Waals surface area contributed by atoms with Gasteiger partial charge in [0.1, 0.15) is 0 Å². The fraction of sp³-hybridized carbons (Fsp3) is 0.900. The van der Waals surface area contributed by atoms with Crippen LogP contribution in [0.3, 0.4) is 0 Å². The van der Waals surface area contributed by atoms with Crippen molar-refractivity contribution >= 4 is 5.91 Å². The van der Waals surface area contributed by atoms with Crippen molar-refractivity contribution in [1.82, 2.24) is 4.90 Å². The summed E-state index contributed by atoms with van der Waals surface area (Å²) in [6.45, 7) is 4.65. The first-order chi connectivity index (χ1) is 6.51. The molecule has 2 N–H and O–H groups in total. The Morgan fingerprint density at radius 3 is 2.57 bits per heavy atom.